The summed E-state index contributed by atoms with van der Waals surface area (Å²) >= 11 is 0. The molecule has 0 aliphatic heterocycles. The number of carbonyl (C=O) groups is 3. The molecule has 2 aromatic carbocycles. The van der Waals surface area contributed by atoms with Crippen LogP contribution in [0.15, 0.2) is 70.1 Å². The highest BCUT2D eigenvalue weighted by Gasteiger charge is 2.27. The van der Waals surface area contributed by atoms with Crippen LogP contribution in [0.25, 0.3) is 0 Å². The maximum Gasteiger partial charge on any atom is 0.322 e. The first-order valence-electron chi connectivity index (χ1n) is 10.00. The van der Waals surface area contributed by atoms with E-state index < -0.39 is 34.5 Å². The van der Waals surface area contributed by atoms with Crippen molar-refractivity contribution in [1.82, 2.24) is 9.88 Å². The number of anilines is 2. The molecule has 0 bridgehead atoms. The van der Waals surface area contributed by atoms with Gasteiger partial charge in [0.1, 0.15) is 12.3 Å². The second-order valence-corrected chi connectivity index (χ2v) is 8.89. The lowest BCUT2D eigenvalue weighted by molar-refractivity contribution is -0.153. The number of nitrogens with zero attached hydrogens (tertiary/aromatic N) is 1. The fourth-order valence-electron chi connectivity index (χ4n) is 2.85. The van der Waals surface area contributed by atoms with Crippen molar-refractivity contribution in [3.8, 4) is 0 Å². The number of sulfonamides is 1. The Bertz CT molecular complexity index is 1270. The minimum absolute atomic E-state index is 0.117. The molecule has 0 fully saturated rings. The van der Waals surface area contributed by atoms with E-state index in [1.807, 2.05) is 0 Å². The number of nitrogens with one attached hydrogen (secondary N) is 3. The molecule has 0 spiro atoms. The quantitative estimate of drug-likeness (QED) is 0.388. The molecule has 34 heavy (non-hydrogen) atoms. The molecular weight excluding hydrogens is 464 g/mol. The maximum absolute atomic E-state index is 12.8. The van der Waals surface area contributed by atoms with Gasteiger partial charge in [0.05, 0.1) is 4.90 Å². The van der Waals surface area contributed by atoms with Crippen molar-refractivity contribution < 1.29 is 32.1 Å². The fourth-order valence-corrected chi connectivity index (χ4v) is 3.82. The topological polar surface area (TPSA) is 157 Å². The molecule has 1 heterocycles. The van der Waals surface area contributed by atoms with E-state index in [1.165, 1.54) is 37.3 Å². The molecule has 0 aliphatic carbocycles. The Labute approximate surface area is 195 Å². The van der Waals surface area contributed by atoms with E-state index in [9.17, 15) is 22.8 Å². The van der Waals surface area contributed by atoms with Gasteiger partial charge in [-0.05, 0) is 31.2 Å². The van der Waals surface area contributed by atoms with Crippen LogP contribution >= 0.6 is 0 Å². The average Bonchev–Trinajstić information content (AvgIpc) is 3.21. The molecule has 0 radical (unpaired) electrons. The van der Waals surface area contributed by atoms with E-state index in [0.717, 1.165) is 0 Å². The van der Waals surface area contributed by atoms with Gasteiger partial charge in [0, 0.05) is 24.2 Å². The minimum Gasteiger partial charge on any atom is -0.446 e. The highest BCUT2D eigenvalue weighted by Crippen LogP contribution is 2.20. The van der Waals surface area contributed by atoms with Crippen molar-refractivity contribution in [1.29, 1.82) is 0 Å². The van der Waals surface area contributed by atoms with E-state index in [0.29, 0.717) is 17.0 Å². The molecular formula is C22H22N4O7S. The Morgan fingerprint density at radius 3 is 2.29 bits per heavy atom. The van der Waals surface area contributed by atoms with Crippen molar-refractivity contribution in [3.63, 3.8) is 0 Å². The van der Waals surface area contributed by atoms with Crippen LogP contribution in [0.1, 0.15) is 24.4 Å². The molecule has 3 aromatic rings. The highest BCUT2D eigenvalue weighted by molar-refractivity contribution is 7.89. The third-order valence-corrected chi connectivity index (χ3v) is 5.78. The molecule has 1 aromatic heterocycles. The second-order valence-electron chi connectivity index (χ2n) is 7.12. The Morgan fingerprint density at radius 2 is 1.71 bits per heavy atom. The number of ether oxygens (including phenoxy) is 1. The molecule has 1 atom stereocenters. The summed E-state index contributed by atoms with van der Waals surface area (Å²) in [6.07, 6.45) is -1.35. The number of carbonyl (C=O) groups excluding carboxylic acids is 3. The molecule has 0 aliphatic rings. The van der Waals surface area contributed by atoms with Crippen molar-refractivity contribution in [3.05, 3.63) is 72.0 Å². The van der Waals surface area contributed by atoms with Gasteiger partial charge in [0.2, 0.25) is 22.0 Å². The van der Waals surface area contributed by atoms with Gasteiger partial charge in [-0.25, -0.2) is 8.42 Å². The van der Waals surface area contributed by atoms with Crippen molar-refractivity contribution in [2.75, 3.05) is 17.2 Å². The van der Waals surface area contributed by atoms with E-state index in [2.05, 4.69) is 20.5 Å². The number of hydrogen-bond acceptors (Lipinski definition) is 8. The lowest BCUT2D eigenvalue weighted by atomic mass is 10.1. The lowest BCUT2D eigenvalue weighted by Gasteiger charge is -2.17. The smallest absolute Gasteiger partial charge is 0.322 e. The van der Waals surface area contributed by atoms with Gasteiger partial charge < -0.3 is 19.9 Å². The zero-order valence-electron chi connectivity index (χ0n) is 18.3. The number of rotatable bonds is 9. The summed E-state index contributed by atoms with van der Waals surface area (Å²) < 4.78 is 37.3. The summed E-state index contributed by atoms with van der Waals surface area (Å²) in [6.45, 7) is 2.26. The third kappa shape index (κ3) is 6.73. The largest absolute Gasteiger partial charge is 0.446 e. The van der Waals surface area contributed by atoms with Crippen LogP contribution in [-0.2, 0) is 29.1 Å². The van der Waals surface area contributed by atoms with E-state index in [-0.39, 0.29) is 16.6 Å². The minimum atomic E-state index is -4.05. The predicted molar refractivity (Wildman–Crippen MR) is 121 cm³/mol. The summed E-state index contributed by atoms with van der Waals surface area (Å²) in [5.41, 5.74) is 0.801. The number of esters is 1. The number of benzene rings is 2. The second kappa shape index (κ2) is 10.7. The van der Waals surface area contributed by atoms with Gasteiger partial charge in [-0.1, -0.05) is 35.5 Å². The Kier molecular flexibility index (Phi) is 7.76. The maximum atomic E-state index is 12.8. The van der Waals surface area contributed by atoms with Crippen LogP contribution < -0.4 is 15.4 Å². The predicted octanol–water partition coefficient (Wildman–Crippen LogP) is 2.14. The number of aromatic nitrogens is 1. The van der Waals surface area contributed by atoms with Crippen molar-refractivity contribution in [2.24, 2.45) is 0 Å². The zero-order chi connectivity index (χ0) is 24.7. The first-order valence-corrected chi connectivity index (χ1v) is 11.5. The number of aryl methyl sites for hydroxylation is 1. The van der Waals surface area contributed by atoms with Crippen molar-refractivity contribution >= 4 is 39.3 Å². The van der Waals surface area contributed by atoms with Gasteiger partial charge in [0.15, 0.2) is 5.82 Å². The number of amides is 2. The summed E-state index contributed by atoms with van der Waals surface area (Å²) in [5, 5.41) is 8.69. The van der Waals surface area contributed by atoms with E-state index in [4.69, 9.17) is 9.26 Å². The number of hydrogen-bond donors (Lipinski definition) is 3. The zero-order valence-corrected chi connectivity index (χ0v) is 19.1. The summed E-state index contributed by atoms with van der Waals surface area (Å²) in [5.74, 6) is -1.35. The van der Waals surface area contributed by atoms with Crippen LogP contribution in [0.4, 0.5) is 11.5 Å². The normalized spacial score (nSPS) is 11.9. The van der Waals surface area contributed by atoms with Crippen molar-refractivity contribution in [2.45, 2.75) is 24.8 Å². The third-order valence-electron chi connectivity index (χ3n) is 4.36. The standard InChI is InChI=1S/C22H22N4O7S/c1-14-12-19(26-33-14)25-22(29)21(16-6-4-3-5-7-16)32-20(28)13-23-34(30,31)18-10-8-17(9-11-18)24-15(2)27/h3-12,21,23H,13H2,1-2H3,(H,24,27)(H,25,26,29)/t21-/m0/s1. The average molecular weight is 487 g/mol. The molecule has 0 saturated carbocycles. The van der Waals surface area contributed by atoms with Gasteiger partial charge in [-0.15, -0.1) is 0 Å². The summed E-state index contributed by atoms with van der Waals surface area (Å²) in [4.78, 5) is 36.1. The molecule has 0 unspecified atom stereocenters. The molecule has 178 valence electrons. The summed E-state index contributed by atoms with van der Waals surface area (Å²) in [7, 11) is -4.05. The van der Waals surface area contributed by atoms with E-state index in [1.54, 1.807) is 37.3 Å². The Morgan fingerprint density at radius 1 is 1.03 bits per heavy atom. The van der Waals surface area contributed by atoms with Gasteiger partial charge in [0.25, 0.3) is 5.91 Å². The highest BCUT2D eigenvalue weighted by atomic mass is 32.2. The molecule has 2 amide bonds. The molecule has 11 nitrogen and oxygen atoms in total. The van der Waals surface area contributed by atoms with Gasteiger partial charge >= 0.3 is 5.97 Å². The molecule has 3 rings (SSSR count). The first-order chi connectivity index (χ1) is 16.1. The van der Waals surface area contributed by atoms with Crippen LogP contribution in [0, 0.1) is 6.92 Å². The van der Waals surface area contributed by atoms with Crippen LogP contribution in [-0.4, -0.2) is 37.9 Å². The Balaban J connectivity index is 1.66. The van der Waals surface area contributed by atoms with Gasteiger partial charge in [-0.3, -0.25) is 14.4 Å². The SMILES string of the molecule is CC(=O)Nc1ccc(S(=O)(=O)NCC(=O)O[C@H](C(=O)Nc2cc(C)on2)c2ccccc2)cc1. The van der Waals surface area contributed by atoms with Gasteiger partial charge in [-0.2, -0.15) is 4.72 Å². The van der Waals surface area contributed by atoms with Crippen LogP contribution in [0.5, 0.6) is 0 Å². The lowest BCUT2D eigenvalue weighted by Crippen LogP contribution is -2.33. The molecule has 0 saturated heterocycles. The molecule has 3 N–H and O–H groups in total. The fraction of sp³-hybridized carbons (Fsp3) is 0.182. The first kappa shape index (κ1) is 24.6. The monoisotopic (exact) mass is 486 g/mol. The van der Waals surface area contributed by atoms with Crippen LogP contribution in [0.3, 0.4) is 0 Å². The summed E-state index contributed by atoms with van der Waals surface area (Å²) in [6, 6.07) is 15.1. The van der Waals surface area contributed by atoms with E-state index >= 15 is 0 Å². The molecule has 12 heteroatoms. The van der Waals surface area contributed by atoms with Crippen LogP contribution in [0.2, 0.25) is 0 Å². The Hall–Kier alpha value is -4.03.